The van der Waals surface area contributed by atoms with Gasteiger partial charge >= 0.3 is 0 Å². The Hall–Kier alpha value is -1.91. The van der Waals surface area contributed by atoms with E-state index in [1.165, 1.54) is 6.07 Å². The fraction of sp³-hybridized carbons (Fsp3) is 0.467. The molecule has 1 saturated carbocycles. The third-order valence-electron chi connectivity index (χ3n) is 3.49. The van der Waals surface area contributed by atoms with E-state index in [1.807, 2.05) is 13.8 Å². The van der Waals surface area contributed by atoms with Gasteiger partial charge in [0.05, 0.1) is 5.69 Å². The summed E-state index contributed by atoms with van der Waals surface area (Å²) in [5.41, 5.74) is 1.05. The van der Waals surface area contributed by atoms with Crippen LogP contribution in [-0.2, 0) is 9.59 Å². The molecule has 1 fully saturated rings. The van der Waals surface area contributed by atoms with E-state index in [2.05, 4.69) is 10.6 Å². The summed E-state index contributed by atoms with van der Waals surface area (Å²) >= 11 is 0. The zero-order valence-corrected chi connectivity index (χ0v) is 11.7. The van der Waals surface area contributed by atoms with Crippen molar-refractivity contribution in [1.29, 1.82) is 0 Å². The number of benzene rings is 1. The number of hydrogen-bond acceptors (Lipinski definition) is 2. The summed E-state index contributed by atoms with van der Waals surface area (Å²) in [6.45, 7) is 4.13. The van der Waals surface area contributed by atoms with Crippen LogP contribution >= 0.6 is 0 Å². The molecular weight excluding hydrogens is 259 g/mol. The zero-order chi connectivity index (χ0) is 14.7. The van der Waals surface area contributed by atoms with E-state index in [-0.39, 0.29) is 36.4 Å². The lowest BCUT2D eigenvalue weighted by molar-refractivity contribution is -0.122. The number of hydrogen-bond donors (Lipinski definition) is 2. The zero-order valence-electron chi connectivity index (χ0n) is 11.7. The number of carbonyl (C=O) groups is 2. The molecule has 2 atom stereocenters. The molecule has 108 valence electrons. The minimum atomic E-state index is -0.459. The molecule has 4 nitrogen and oxygen atoms in total. The van der Waals surface area contributed by atoms with Crippen molar-refractivity contribution in [1.82, 2.24) is 5.32 Å². The van der Waals surface area contributed by atoms with E-state index >= 15 is 0 Å². The summed E-state index contributed by atoms with van der Waals surface area (Å²) in [6.07, 6.45) is 1.06. The van der Waals surface area contributed by atoms with Gasteiger partial charge in [-0.1, -0.05) is 13.0 Å². The topological polar surface area (TPSA) is 58.2 Å². The van der Waals surface area contributed by atoms with Gasteiger partial charge in [-0.15, -0.1) is 0 Å². The van der Waals surface area contributed by atoms with Crippen LogP contribution in [0.25, 0.3) is 0 Å². The Balaban J connectivity index is 1.75. The second-order valence-electron chi connectivity index (χ2n) is 5.39. The molecule has 1 aliphatic rings. The smallest absolute Gasteiger partial charge is 0.226 e. The molecule has 0 aromatic heterocycles. The Labute approximate surface area is 117 Å². The number of amides is 2. The van der Waals surface area contributed by atoms with Crippen molar-refractivity contribution in [2.45, 2.75) is 26.7 Å². The molecule has 0 aliphatic heterocycles. The molecule has 2 N–H and O–H groups in total. The molecule has 1 aromatic rings. The van der Waals surface area contributed by atoms with Crippen molar-refractivity contribution in [2.75, 3.05) is 11.9 Å². The SMILES string of the molecule is Cc1ccc(F)c(NC(=O)CCNC(=O)[C@@H]2C[C@H]2C)c1. The van der Waals surface area contributed by atoms with Crippen LogP contribution in [0.15, 0.2) is 18.2 Å². The lowest BCUT2D eigenvalue weighted by Crippen LogP contribution is -2.29. The van der Waals surface area contributed by atoms with Gasteiger partial charge in [0.1, 0.15) is 5.82 Å². The quantitative estimate of drug-likeness (QED) is 0.867. The van der Waals surface area contributed by atoms with Crippen molar-refractivity contribution in [3.63, 3.8) is 0 Å². The number of rotatable bonds is 5. The Bertz CT molecular complexity index is 531. The van der Waals surface area contributed by atoms with E-state index in [1.54, 1.807) is 12.1 Å². The van der Waals surface area contributed by atoms with Crippen molar-refractivity contribution >= 4 is 17.5 Å². The molecule has 2 amide bonds. The van der Waals surface area contributed by atoms with Crippen LogP contribution in [0, 0.1) is 24.6 Å². The molecular formula is C15H19FN2O2. The monoisotopic (exact) mass is 278 g/mol. The Morgan fingerprint density at radius 3 is 2.75 bits per heavy atom. The van der Waals surface area contributed by atoms with Gasteiger partial charge < -0.3 is 10.6 Å². The van der Waals surface area contributed by atoms with E-state index in [0.29, 0.717) is 5.92 Å². The molecule has 0 bridgehead atoms. The van der Waals surface area contributed by atoms with Crippen LogP contribution in [-0.4, -0.2) is 18.4 Å². The van der Waals surface area contributed by atoms with Crippen molar-refractivity contribution in [2.24, 2.45) is 11.8 Å². The first kappa shape index (κ1) is 14.5. The van der Waals surface area contributed by atoms with Gasteiger partial charge in [-0.05, 0) is 37.0 Å². The highest BCUT2D eigenvalue weighted by molar-refractivity contribution is 5.91. The molecule has 20 heavy (non-hydrogen) atoms. The second kappa shape index (κ2) is 6.03. The van der Waals surface area contributed by atoms with E-state index in [9.17, 15) is 14.0 Å². The first-order valence-corrected chi connectivity index (χ1v) is 6.81. The number of aryl methyl sites for hydroxylation is 1. The van der Waals surface area contributed by atoms with Crippen molar-refractivity contribution in [3.8, 4) is 0 Å². The maximum atomic E-state index is 13.5. The first-order valence-electron chi connectivity index (χ1n) is 6.81. The van der Waals surface area contributed by atoms with Gasteiger partial charge in [0.15, 0.2) is 0 Å². The highest BCUT2D eigenvalue weighted by atomic mass is 19.1. The predicted molar refractivity (Wildman–Crippen MR) is 74.7 cm³/mol. The van der Waals surface area contributed by atoms with E-state index in [0.717, 1.165) is 12.0 Å². The van der Waals surface area contributed by atoms with Crippen LogP contribution in [0.5, 0.6) is 0 Å². The molecule has 0 saturated heterocycles. The Morgan fingerprint density at radius 2 is 2.10 bits per heavy atom. The summed E-state index contributed by atoms with van der Waals surface area (Å²) in [6, 6.07) is 4.54. The minimum absolute atomic E-state index is 0.00651. The maximum Gasteiger partial charge on any atom is 0.226 e. The Kier molecular flexibility index (Phi) is 4.37. The minimum Gasteiger partial charge on any atom is -0.355 e. The van der Waals surface area contributed by atoms with Gasteiger partial charge in [-0.25, -0.2) is 4.39 Å². The van der Waals surface area contributed by atoms with Gasteiger partial charge in [0, 0.05) is 18.9 Å². The van der Waals surface area contributed by atoms with Crippen LogP contribution in [0.2, 0.25) is 0 Å². The van der Waals surface area contributed by atoms with Gasteiger partial charge in [0.25, 0.3) is 0 Å². The molecule has 2 rings (SSSR count). The maximum absolute atomic E-state index is 13.5. The first-order chi connectivity index (χ1) is 9.47. The lowest BCUT2D eigenvalue weighted by Gasteiger charge is -2.08. The standard InChI is InChI=1S/C15H19FN2O2/c1-9-3-4-12(16)13(7-9)18-14(19)5-6-17-15(20)11-8-10(11)2/h3-4,7,10-11H,5-6,8H2,1-2H3,(H,17,20)(H,18,19)/t10-,11-/m1/s1. The fourth-order valence-electron chi connectivity index (χ4n) is 2.07. The summed E-state index contributed by atoms with van der Waals surface area (Å²) in [7, 11) is 0. The lowest BCUT2D eigenvalue weighted by atomic mass is 10.2. The number of halogens is 1. The van der Waals surface area contributed by atoms with Crippen LogP contribution in [0.1, 0.15) is 25.3 Å². The predicted octanol–water partition coefficient (Wildman–Crippen LogP) is 2.23. The second-order valence-corrected chi connectivity index (χ2v) is 5.39. The molecule has 1 aliphatic carbocycles. The Morgan fingerprint density at radius 1 is 1.40 bits per heavy atom. The van der Waals surface area contributed by atoms with Crippen LogP contribution < -0.4 is 10.6 Å². The van der Waals surface area contributed by atoms with Crippen molar-refractivity contribution < 1.29 is 14.0 Å². The average molecular weight is 278 g/mol. The largest absolute Gasteiger partial charge is 0.355 e. The summed E-state index contributed by atoms with van der Waals surface area (Å²) in [4.78, 5) is 23.2. The summed E-state index contributed by atoms with van der Waals surface area (Å²) in [5.74, 6) is -0.206. The van der Waals surface area contributed by atoms with E-state index < -0.39 is 5.82 Å². The van der Waals surface area contributed by atoms with Crippen molar-refractivity contribution in [3.05, 3.63) is 29.6 Å². The third-order valence-corrected chi connectivity index (χ3v) is 3.49. The van der Waals surface area contributed by atoms with E-state index in [4.69, 9.17) is 0 Å². The third kappa shape index (κ3) is 3.79. The number of nitrogens with one attached hydrogen (secondary N) is 2. The number of anilines is 1. The molecule has 0 radical (unpaired) electrons. The average Bonchev–Trinajstić information content (AvgIpc) is 3.11. The summed E-state index contributed by atoms with van der Waals surface area (Å²) < 4.78 is 13.5. The van der Waals surface area contributed by atoms with Gasteiger partial charge in [-0.2, -0.15) is 0 Å². The molecule has 0 unspecified atom stereocenters. The highest BCUT2D eigenvalue weighted by Gasteiger charge is 2.38. The normalized spacial score (nSPS) is 20.4. The molecule has 5 heteroatoms. The summed E-state index contributed by atoms with van der Waals surface area (Å²) in [5, 5.41) is 5.24. The van der Waals surface area contributed by atoms with Gasteiger partial charge in [-0.3, -0.25) is 9.59 Å². The molecule has 0 spiro atoms. The molecule has 1 aromatic carbocycles. The van der Waals surface area contributed by atoms with Crippen LogP contribution in [0.3, 0.4) is 0 Å². The fourth-order valence-corrected chi connectivity index (χ4v) is 2.07. The number of carbonyl (C=O) groups excluding carboxylic acids is 2. The van der Waals surface area contributed by atoms with Gasteiger partial charge in [0.2, 0.25) is 11.8 Å². The molecule has 0 heterocycles. The highest BCUT2D eigenvalue weighted by Crippen LogP contribution is 2.37. The van der Waals surface area contributed by atoms with Crippen LogP contribution in [0.4, 0.5) is 10.1 Å².